The molecule has 2 amide bonds. The van der Waals surface area contributed by atoms with Crippen LogP contribution in [0.25, 0.3) is 0 Å². The molecule has 1 heterocycles. The Balaban J connectivity index is 1.68. The molecule has 0 spiro atoms. The summed E-state index contributed by atoms with van der Waals surface area (Å²) in [5, 5.41) is 10.7. The van der Waals surface area contributed by atoms with Crippen LogP contribution in [0.3, 0.4) is 0 Å². The smallest absolute Gasteiger partial charge is 0.277 e. The third kappa shape index (κ3) is 4.62. The summed E-state index contributed by atoms with van der Waals surface area (Å²) < 4.78 is 1.62. The number of carbonyl (C=O) groups excluding carboxylic acids is 2. The van der Waals surface area contributed by atoms with Crippen molar-refractivity contribution in [2.75, 3.05) is 18.4 Å². The summed E-state index contributed by atoms with van der Waals surface area (Å²) in [6, 6.07) is 16.7. The monoisotopic (exact) mass is 377 g/mol. The van der Waals surface area contributed by atoms with E-state index < -0.39 is 0 Å². The van der Waals surface area contributed by atoms with Crippen molar-refractivity contribution in [3.05, 3.63) is 77.6 Å². The highest BCUT2D eigenvalue weighted by Crippen LogP contribution is 2.14. The highest BCUT2D eigenvalue weighted by molar-refractivity contribution is 6.03. The first kappa shape index (κ1) is 19.3. The fourth-order valence-corrected chi connectivity index (χ4v) is 2.87. The Morgan fingerprint density at radius 3 is 2.50 bits per heavy atom. The second-order valence-corrected chi connectivity index (χ2v) is 6.30. The molecular formula is C21H23N5O2. The molecule has 0 aliphatic rings. The number of nitrogens with zero attached hydrogens (tertiary/aromatic N) is 4. The number of anilines is 1. The molecule has 0 radical (unpaired) electrons. The highest BCUT2D eigenvalue weighted by Gasteiger charge is 2.15. The maximum Gasteiger partial charge on any atom is 0.277 e. The fourth-order valence-electron chi connectivity index (χ4n) is 2.87. The predicted octanol–water partition coefficient (Wildman–Crippen LogP) is 3.06. The average Bonchev–Trinajstić information content (AvgIpc) is 3.18. The molecule has 28 heavy (non-hydrogen) atoms. The summed E-state index contributed by atoms with van der Waals surface area (Å²) in [4.78, 5) is 26.7. The van der Waals surface area contributed by atoms with Gasteiger partial charge in [-0.2, -0.15) is 0 Å². The molecule has 1 N–H and O–H groups in total. The zero-order valence-electron chi connectivity index (χ0n) is 16.0. The Morgan fingerprint density at radius 2 is 1.79 bits per heavy atom. The maximum absolute atomic E-state index is 12.5. The van der Waals surface area contributed by atoms with Gasteiger partial charge >= 0.3 is 0 Å². The minimum Gasteiger partial charge on any atom is -0.339 e. The number of aromatic nitrogens is 3. The molecule has 0 aliphatic heterocycles. The maximum atomic E-state index is 12.5. The minimum atomic E-state index is -0.369. The van der Waals surface area contributed by atoms with E-state index in [1.807, 2.05) is 44.2 Å². The summed E-state index contributed by atoms with van der Waals surface area (Å²) in [5.74, 6) is -0.429. The van der Waals surface area contributed by atoms with E-state index in [-0.39, 0.29) is 17.5 Å². The highest BCUT2D eigenvalue weighted by atomic mass is 16.2. The van der Waals surface area contributed by atoms with Crippen LogP contribution in [0.5, 0.6) is 0 Å². The molecule has 0 fully saturated rings. The molecule has 0 bridgehead atoms. The van der Waals surface area contributed by atoms with E-state index in [0.717, 1.165) is 5.56 Å². The first-order valence-corrected chi connectivity index (χ1v) is 9.25. The number of hydrogen-bond donors (Lipinski definition) is 1. The van der Waals surface area contributed by atoms with Crippen molar-refractivity contribution >= 4 is 17.5 Å². The van der Waals surface area contributed by atoms with Crippen LogP contribution in [-0.2, 0) is 6.54 Å². The Hall–Kier alpha value is -3.48. The molecule has 0 unspecified atom stereocenters. The Morgan fingerprint density at radius 1 is 1.04 bits per heavy atom. The number of benzene rings is 2. The molecule has 0 atom stereocenters. The van der Waals surface area contributed by atoms with Crippen LogP contribution in [0.4, 0.5) is 5.69 Å². The van der Waals surface area contributed by atoms with Crippen LogP contribution in [0.1, 0.15) is 40.3 Å². The quantitative estimate of drug-likeness (QED) is 0.686. The van der Waals surface area contributed by atoms with Crippen LogP contribution < -0.4 is 5.32 Å². The van der Waals surface area contributed by atoms with Crippen LogP contribution in [0, 0.1) is 0 Å². The molecule has 0 saturated carbocycles. The lowest BCUT2D eigenvalue weighted by Crippen LogP contribution is -2.30. The van der Waals surface area contributed by atoms with Crippen molar-refractivity contribution in [3.63, 3.8) is 0 Å². The van der Waals surface area contributed by atoms with Crippen LogP contribution in [0.15, 0.2) is 60.8 Å². The van der Waals surface area contributed by atoms with Gasteiger partial charge < -0.3 is 10.2 Å². The van der Waals surface area contributed by atoms with E-state index in [4.69, 9.17) is 0 Å². The second-order valence-electron chi connectivity index (χ2n) is 6.30. The van der Waals surface area contributed by atoms with Gasteiger partial charge in [0.15, 0.2) is 5.69 Å². The number of amides is 2. The molecule has 7 heteroatoms. The molecular weight excluding hydrogens is 354 g/mol. The van der Waals surface area contributed by atoms with Gasteiger partial charge in [0.05, 0.1) is 12.7 Å². The SMILES string of the molecule is CCN(CC)C(=O)c1cccc(NC(=O)c2cn(Cc3ccccc3)nn2)c1. The summed E-state index contributed by atoms with van der Waals surface area (Å²) in [6.45, 7) is 5.68. The number of rotatable bonds is 7. The van der Waals surface area contributed by atoms with Gasteiger partial charge in [0.2, 0.25) is 0 Å². The van der Waals surface area contributed by atoms with Gasteiger partial charge in [0, 0.05) is 24.3 Å². The van der Waals surface area contributed by atoms with Gasteiger partial charge in [-0.3, -0.25) is 9.59 Å². The molecule has 2 aromatic carbocycles. The standard InChI is InChI=1S/C21H23N5O2/c1-3-25(4-2)21(28)17-11-8-12-18(13-17)22-20(27)19-15-26(24-23-19)14-16-9-6-5-7-10-16/h5-13,15H,3-4,14H2,1-2H3,(H,22,27). The molecule has 1 aromatic heterocycles. The van der Waals surface area contributed by atoms with Crippen molar-refractivity contribution < 1.29 is 9.59 Å². The van der Waals surface area contributed by atoms with Crippen molar-refractivity contribution in [3.8, 4) is 0 Å². The van der Waals surface area contributed by atoms with Gasteiger partial charge in [0.25, 0.3) is 11.8 Å². The van der Waals surface area contributed by atoms with Crippen LogP contribution >= 0.6 is 0 Å². The summed E-state index contributed by atoms with van der Waals surface area (Å²) >= 11 is 0. The van der Waals surface area contributed by atoms with Crippen LogP contribution in [-0.4, -0.2) is 44.8 Å². The number of hydrogen-bond acceptors (Lipinski definition) is 4. The molecule has 3 aromatic rings. The predicted molar refractivity (Wildman–Crippen MR) is 107 cm³/mol. The third-order valence-electron chi connectivity index (χ3n) is 4.38. The summed E-state index contributed by atoms with van der Waals surface area (Å²) in [5.41, 5.74) is 2.37. The normalized spacial score (nSPS) is 10.5. The lowest BCUT2D eigenvalue weighted by atomic mass is 10.1. The van der Waals surface area contributed by atoms with E-state index in [0.29, 0.717) is 30.9 Å². The number of nitrogens with one attached hydrogen (secondary N) is 1. The van der Waals surface area contributed by atoms with E-state index in [1.165, 1.54) is 0 Å². The molecule has 0 saturated heterocycles. The molecule has 144 valence electrons. The van der Waals surface area contributed by atoms with Crippen molar-refractivity contribution in [1.82, 2.24) is 19.9 Å². The molecule has 3 rings (SSSR count). The molecule has 7 nitrogen and oxygen atoms in total. The van der Waals surface area contributed by atoms with Crippen molar-refractivity contribution in [1.29, 1.82) is 0 Å². The Labute approximate surface area is 164 Å². The first-order chi connectivity index (χ1) is 13.6. The minimum absolute atomic E-state index is 0.0603. The van der Waals surface area contributed by atoms with Gasteiger partial charge in [-0.25, -0.2) is 4.68 Å². The largest absolute Gasteiger partial charge is 0.339 e. The second kappa shape index (κ2) is 8.94. The lowest BCUT2D eigenvalue weighted by Gasteiger charge is -2.18. The fraction of sp³-hybridized carbons (Fsp3) is 0.238. The van der Waals surface area contributed by atoms with E-state index in [1.54, 1.807) is 40.0 Å². The lowest BCUT2D eigenvalue weighted by molar-refractivity contribution is 0.0772. The number of carbonyl (C=O) groups is 2. The summed E-state index contributed by atoms with van der Waals surface area (Å²) in [6.07, 6.45) is 1.60. The first-order valence-electron chi connectivity index (χ1n) is 9.25. The van der Waals surface area contributed by atoms with E-state index in [2.05, 4.69) is 15.6 Å². The van der Waals surface area contributed by atoms with Gasteiger partial charge in [-0.15, -0.1) is 5.10 Å². The zero-order chi connectivity index (χ0) is 19.9. The Bertz CT molecular complexity index is 948. The van der Waals surface area contributed by atoms with Gasteiger partial charge in [0.1, 0.15) is 0 Å². The van der Waals surface area contributed by atoms with E-state index in [9.17, 15) is 9.59 Å². The average molecular weight is 377 g/mol. The summed E-state index contributed by atoms with van der Waals surface area (Å²) in [7, 11) is 0. The van der Waals surface area contributed by atoms with Crippen molar-refractivity contribution in [2.24, 2.45) is 0 Å². The topological polar surface area (TPSA) is 80.1 Å². The Kier molecular flexibility index (Phi) is 6.16. The van der Waals surface area contributed by atoms with Gasteiger partial charge in [-0.1, -0.05) is 41.6 Å². The van der Waals surface area contributed by atoms with E-state index >= 15 is 0 Å². The van der Waals surface area contributed by atoms with Crippen molar-refractivity contribution in [2.45, 2.75) is 20.4 Å². The molecule has 0 aliphatic carbocycles. The zero-order valence-corrected chi connectivity index (χ0v) is 16.0. The van der Waals surface area contributed by atoms with Gasteiger partial charge in [-0.05, 0) is 37.6 Å². The van der Waals surface area contributed by atoms with Crippen LogP contribution in [0.2, 0.25) is 0 Å². The third-order valence-corrected chi connectivity index (χ3v) is 4.38.